The van der Waals surface area contributed by atoms with Gasteiger partial charge in [0.05, 0.1) is 5.57 Å². The zero-order chi connectivity index (χ0) is 19.9. The summed E-state index contributed by atoms with van der Waals surface area (Å²) in [5.74, 6) is -0.869. The zero-order valence-electron chi connectivity index (χ0n) is 15.1. The lowest BCUT2D eigenvalue weighted by Gasteiger charge is -2.34. The molecular formula is C23H16BrNO3. The molecule has 1 heterocycles. The first-order chi connectivity index (χ1) is 13.5. The first-order valence-corrected chi connectivity index (χ1v) is 9.55. The van der Waals surface area contributed by atoms with Gasteiger partial charge in [0.2, 0.25) is 0 Å². The first kappa shape index (κ1) is 18.3. The largest absolute Gasteiger partial charge is 0.325 e. The van der Waals surface area contributed by atoms with E-state index < -0.39 is 5.54 Å². The minimum absolute atomic E-state index is 0.115. The van der Waals surface area contributed by atoms with Crippen LogP contribution in [0.25, 0.3) is 5.57 Å². The number of rotatable bonds is 3. The molecule has 5 heteroatoms. The maximum absolute atomic E-state index is 13.4. The van der Waals surface area contributed by atoms with Crippen LogP contribution in [0.4, 0.5) is 0 Å². The molecule has 0 fully saturated rings. The van der Waals surface area contributed by atoms with E-state index in [0.717, 1.165) is 5.56 Å². The van der Waals surface area contributed by atoms with Crippen molar-refractivity contribution < 1.29 is 14.4 Å². The molecule has 0 saturated heterocycles. The Hall–Kier alpha value is -3.05. The van der Waals surface area contributed by atoms with Gasteiger partial charge < -0.3 is 4.90 Å². The predicted molar refractivity (Wildman–Crippen MR) is 111 cm³/mol. The average Bonchev–Trinajstić information content (AvgIpc) is 2.93. The molecule has 0 unspecified atom stereocenters. The Labute approximate surface area is 171 Å². The number of likely N-dealkylation sites (N-methyl/N-ethyl adjacent to an activating group) is 1. The number of hydrogen-bond acceptors (Lipinski definition) is 3. The standard InChI is InChI=1S/C23H16BrNO3/c1-25-22(28)19(21(27)17-9-5-6-10-18(17)24)20(15-7-3-2-4-8-15)23(25)13-11-16(26)12-14-23/h2-14H,1H3. The van der Waals surface area contributed by atoms with Gasteiger partial charge in [0, 0.05) is 22.7 Å². The van der Waals surface area contributed by atoms with Gasteiger partial charge in [-0.15, -0.1) is 0 Å². The van der Waals surface area contributed by atoms with Gasteiger partial charge in [-0.2, -0.15) is 0 Å². The highest BCUT2D eigenvalue weighted by molar-refractivity contribution is 9.10. The summed E-state index contributed by atoms with van der Waals surface area (Å²) in [6.45, 7) is 0. The van der Waals surface area contributed by atoms with E-state index in [1.165, 1.54) is 17.1 Å². The van der Waals surface area contributed by atoms with Crippen LogP contribution in [-0.4, -0.2) is 35.0 Å². The van der Waals surface area contributed by atoms with Crippen molar-refractivity contribution in [3.8, 4) is 0 Å². The molecule has 1 aliphatic carbocycles. The molecule has 0 aromatic heterocycles. The molecule has 2 aliphatic rings. The normalized spacial score (nSPS) is 17.7. The minimum atomic E-state index is -0.974. The third-order valence-corrected chi connectivity index (χ3v) is 5.83. The van der Waals surface area contributed by atoms with Gasteiger partial charge in [-0.3, -0.25) is 14.4 Å². The average molecular weight is 434 g/mol. The molecule has 2 aromatic carbocycles. The number of Topliss-reactive ketones (excluding diaryl/α,β-unsaturated/α-hetero) is 1. The summed E-state index contributed by atoms with van der Waals surface area (Å²) in [7, 11) is 1.65. The monoisotopic (exact) mass is 433 g/mol. The molecule has 138 valence electrons. The van der Waals surface area contributed by atoms with Crippen LogP contribution < -0.4 is 0 Å². The van der Waals surface area contributed by atoms with Gasteiger partial charge >= 0.3 is 0 Å². The van der Waals surface area contributed by atoms with E-state index in [1.54, 1.807) is 37.4 Å². The van der Waals surface area contributed by atoms with Gasteiger partial charge in [-0.05, 0) is 42.0 Å². The number of carbonyl (C=O) groups is 3. The molecule has 1 amide bonds. The fourth-order valence-corrected chi connectivity index (χ4v) is 4.17. The number of benzene rings is 2. The van der Waals surface area contributed by atoms with Crippen LogP contribution in [0, 0.1) is 0 Å². The highest BCUT2D eigenvalue weighted by atomic mass is 79.9. The van der Waals surface area contributed by atoms with E-state index in [0.29, 0.717) is 15.6 Å². The second-order valence-corrected chi connectivity index (χ2v) is 7.54. The molecule has 2 aromatic rings. The number of amides is 1. The van der Waals surface area contributed by atoms with Crippen LogP contribution in [0.1, 0.15) is 15.9 Å². The lowest BCUT2D eigenvalue weighted by molar-refractivity contribution is -0.126. The Morgan fingerprint density at radius 1 is 0.929 bits per heavy atom. The third-order valence-electron chi connectivity index (χ3n) is 5.14. The Kier molecular flexibility index (Phi) is 4.47. The number of halogens is 1. The number of nitrogens with zero attached hydrogens (tertiary/aromatic N) is 1. The lowest BCUT2D eigenvalue weighted by atomic mass is 9.80. The summed E-state index contributed by atoms with van der Waals surface area (Å²) in [5.41, 5.74) is 0.910. The van der Waals surface area contributed by atoms with Crippen molar-refractivity contribution in [2.75, 3.05) is 7.05 Å². The van der Waals surface area contributed by atoms with Crippen molar-refractivity contribution in [1.29, 1.82) is 0 Å². The number of carbonyl (C=O) groups excluding carboxylic acids is 3. The number of ketones is 2. The van der Waals surface area contributed by atoms with Gasteiger partial charge in [-0.25, -0.2) is 0 Å². The van der Waals surface area contributed by atoms with E-state index >= 15 is 0 Å². The maximum atomic E-state index is 13.4. The van der Waals surface area contributed by atoms with E-state index in [2.05, 4.69) is 15.9 Å². The van der Waals surface area contributed by atoms with Crippen molar-refractivity contribution in [2.45, 2.75) is 5.54 Å². The third kappa shape index (κ3) is 2.70. The molecule has 28 heavy (non-hydrogen) atoms. The summed E-state index contributed by atoms with van der Waals surface area (Å²) < 4.78 is 0.626. The summed E-state index contributed by atoms with van der Waals surface area (Å²) in [4.78, 5) is 40.0. The topological polar surface area (TPSA) is 54.5 Å². The molecule has 0 bridgehead atoms. The number of hydrogen-bond donors (Lipinski definition) is 0. The molecule has 1 spiro atoms. The molecule has 1 aliphatic heterocycles. The predicted octanol–water partition coefficient (Wildman–Crippen LogP) is 3.99. The SMILES string of the molecule is CN1C(=O)C(C(=O)c2ccccc2Br)=C(c2ccccc2)C12C=CC(=O)C=C2. The van der Waals surface area contributed by atoms with Crippen LogP contribution in [0.5, 0.6) is 0 Å². The molecule has 0 saturated carbocycles. The van der Waals surface area contributed by atoms with Crippen LogP contribution in [0.3, 0.4) is 0 Å². The zero-order valence-corrected chi connectivity index (χ0v) is 16.6. The number of allylic oxidation sites excluding steroid dienone is 2. The van der Waals surface area contributed by atoms with Gasteiger partial charge in [0.15, 0.2) is 11.6 Å². The van der Waals surface area contributed by atoms with E-state index in [9.17, 15) is 14.4 Å². The minimum Gasteiger partial charge on any atom is -0.325 e. The molecule has 0 N–H and O–H groups in total. The second-order valence-electron chi connectivity index (χ2n) is 6.68. The van der Waals surface area contributed by atoms with Crippen molar-refractivity contribution in [3.05, 3.63) is 100 Å². The molecule has 4 rings (SSSR count). The van der Waals surface area contributed by atoms with Crippen molar-refractivity contribution in [3.63, 3.8) is 0 Å². The molecule has 0 radical (unpaired) electrons. The van der Waals surface area contributed by atoms with E-state index in [-0.39, 0.29) is 23.0 Å². The van der Waals surface area contributed by atoms with Crippen LogP contribution >= 0.6 is 15.9 Å². The van der Waals surface area contributed by atoms with Gasteiger partial charge in [-0.1, -0.05) is 58.4 Å². The van der Waals surface area contributed by atoms with Crippen molar-refractivity contribution in [2.24, 2.45) is 0 Å². The van der Waals surface area contributed by atoms with E-state index in [4.69, 9.17) is 0 Å². The quantitative estimate of drug-likeness (QED) is 0.542. The first-order valence-electron chi connectivity index (χ1n) is 8.76. The highest BCUT2D eigenvalue weighted by Gasteiger charge is 2.50. The molecular weight excluding hydrogens is 418 g/mol. The van der Waals surface area contributed by atoms with Gasteiger partial charge in [0.25, 0.3) is 5.91 Å². The van der Waals surface area contributed by atoms with Crippen molar-refractivity contribution >= 4 is 39.0 Å². The van der Waals surface area contributed by atoms with Crippen molar-refractivity contribution in [1.82, 2.24) is 4.90 Å². The summed E-state index contributed by atoms with van der Waals surface area (Å²) in [5, 5.41) is 0. The Bertz CT molecular complexity index is 1080. The Morgan fingerprint density at radius 2 is 1.54 bits per heavy atom. The summed E-state index contributed by atoms with van der Waals surface area (Å²) in [6.07, 6.45) is 6.27. The van der Waals surface area contributed by atoms with E-state index in [1.807, 2.05) is 36.4 Å². The van der Waals surface area contributed by atoms with Crippen LogP contribution in [0.2, 0.25) is 0 Å². The Morgan fingerprint density at radius 3 is 2.18 bits per heavy atom. The fourth-order valence-electron chi connectivity index (χ4n) is 3.70. The summed E-state index contributed by atoms with van der Waals surface area (Å²) in [6, 6.07) is 16.4. The Balaban J connectivity index is 2.01. The molecule has 0 atom stereocenters. The lowest BCUT2D eigenvalue weighted by Crippen LogP contribution is -2.43. The molecule has 4 nitrogen and oxygen atoms in total. The second kappa shape index (κ2) is 6.84. The maximum Gasteiger partial charge on any atom is 0.259 e. The fraction of sp³-hybridized carbons (Fsp3) is 0.0870. The van der Waals surface area contributed by atoms with Gasteiger partial charge in [0.1, 0.15) is 5.54 Å². The van der Waals surface area contributed by atoms with Crippen LogP contribution in [0.15, 0.2) is 88.9 Å². The summed E-state index contributed by atoms with van der Waals surface area (Å²) >= 11 is 3.41. The smallest absolute Gasteiger partial charge is 0.259 e. The van der Waals surface area contributed by atoms with Crippen LogP contribution in [-0.2, 0) is 9.59 Å². The highest BCUT2D eigenvalue weighted by Crippen LogP contribution is 2.45.